The van der Waals surface area contributed by atoms with Gasteiger partial charge in [-0.25, -0.2) is 0 Å². The Morgan fingerprint density at radius 1 is 1.33 bits per heavy atom. The summed E-state index contributed by atoms with van der Waals surface area (Å²) in [7, 11) is 0. The Kier molecular flexibility index (Phi) is 2.74. The molecule has 0 atom stereocenters. The van der Waals surface area contributed by atoms with Gasteiger partial charge in [-0.15, -0.1) is 0 Å². The molecule has 0 amide bonds. The Balaban J connectivity index is 2.64. The molecule has 1 N–H and O–H groups in total. The topological polar surface area (TPSA) is 29.9 Å². The smallest absolute Gasteiger partial charge is 0.148 e. The van der Waals surface area contributed by atoms with Gasteiger partial charge in [-0.05, 0) is 27.7 Å². The number of anilines is 1. The van der Waals surface area contributed by atoms with E-state index in [1.165, 1.54) is 0 Å². The number of nitrogens with zero attached hydrogens (tertiary/aromatic N) is 2. The van der Waals surface area contributed by atoms with E-state index < -0.39 is 0 Å². The highest BCUT2D eigenvalue weighted by Gasteiger charge is 2.01. The van der Waals surface area contributed by atoms with Crippen LogP contribution in [0, 0.1) is 0 Å². The van der Waals surface area contributed by atoms with E-state index in [2.05, 4.69) is 38.1 Å². The molecule has 1 aromatic rings. The highest BCUT2D eigenvalue weighted by Crippen LogP contribution is 2.08. The first-order valence-corrected chi connectivity index (χ1v) is 4.41. The number of hydrogen-bond acceptors (Lipinski definition) is 2. The van der Waals surface area contributed by atoms with Crippen LogP contribution in [0.2, 0.25) is 0 Å². The Bertz CT molecular complexity index is 238. The molecule has 1 rings (SSSR count). The van der Waals surface area contributed by atoms with Gasteiger partial charge in [0.2, 0.25) is 0 Å². The molecule has 0 saturated heterocycles. The first kappa shape index (κ1) is 9.10. The minimum Gasteiger partial charge on any atom is -0.366 e. The third kappa shape index (κ3) is 2.26. The normalized spacial score (nSPS) is 11.2. The summed E-state index contributed by atoms with van der Waals surface area (Å²) in [5.41, 5.74) is 0. The molecule has 0 aliphatic rings. The van der Waals surface area contributed by atoms with Crippen LogP contribution in [0.25, 0.3) is 0 Å². The molecule has 1 aromatic heterocycles. The number of nitrogens with one attached hydrogen (secondary N) is 1. The van der Waals surface area contributed by atoms with Crippen LogP contribution in [0.4, 0.5) is 5.82 Å². The van der Waals surface area contributed by atoms with Crippen LogP contribution < -0.4 is 5.32 Å². The van der Waals surface area contributed by atoms with Gasteiger partial charge in [0.15, 0.2) is 0 Å². The molecule has 0 aliphatic carbocycles. The second kappa shape index (κ2) is 3.61. The summed E-state index contributed by atoms with van der Waals surface area (Å²) in [4.78, 5) is 0. The van der Waals surface area contributed by atoms with Gasteiger partial charge < -0.3 is 5.32 Å². The monoisotopic (exact) mass is 167 g/mol. The van der Waals surface area contributed by atoms with Crippen molar-refractivity contribution >= 4 is 5.82 Å². The van der Waals surface area contributed by atoms with Crippen LogP contribution in [0.15, 0.2) is 12.3 Å². The molecule has 0 fully saturated rings. The quantitative estimate of drug-likeness (QED) is 0.748. The molecule has 0 aliphatic heterocycles. The molecule has 3 nitrogen and oxygen atoms in total. The summed E-state index contributed by atoms with van der Waals surface area (Å²) in [6.45, 7) is 8.45. The first-order valence-electron chi connectivity index (χ1n) is 4.41. The number of rotatable bonds is 3. The molecule has 0 aromatic carbocycles. The van der Waals surface area contributed by atoms with Gasteiger partial charge in [0.25, 0.3) is 0 Å². The van der Waals surface area contributed by atoms with Gasteiger partial charge in [0, 0.05) is 24.3 Å². The van der Waals surface area contributed by atoms with Gasteiger partial charge in [0.05, 0.1) is 0 Å². The van der Waals surface area contributed by atoms with E-state index in [1.807, 2.05) is 16.9 Å². The fourth-order valence-corrected chi connectivity index (χ4v) is 0.998. The van der Waals surface area contributed by atoms with Crippen molar-refractivity contribution in [1.82, 2.24) is 9.78 Å². The molecule has 68 valence electrons. The van der Waals surface area contributed by atoms with E-state index in [-0.39, 0.29) is 0 Å². The summed E-state index contributed by atoms with van der Waals surface area (Å²) in [5.74, 6) is 0.957. The van der Waals surface area contributed by atoms with Crippen molar-refractivity contribution in [2.24, 2.45) is 0 Å². The molecular formula is C9H17N3. The Hall–Kier alpha value is -0.990. The second-order valence-corrected chi connectivity index (χ2v) is 3.57. The third-order valence-electron chi connectivity index (χ3n) is 1.57. The lowest BCUT2D eigenvalue weighted by Crippen LogP contribution is -2.11. The maximum absolute atomic E-state index is 4.36. The summed E-state index contributed by atoms with van der Waals surface area (Å²) in [6.07, 6.45) is 2.00. The van der Waals surface area contributed by atoms with Crippen molar-refractivity contribution in [3.8, 4) is 0 Å². The predicted octanol–water partition coefficient (Wildman–Crippen LogP) is 2.28. The minimum absolute atomic E-state index is 0.438. The molecule has 12 heavy (non-hydrogen) atoms. The standard InChI is InChI=1S/C9H17N3/c1-7(2)10-9-5-6-12(11-9)8(3)4/h5-8H,1-4H3,(H,10,11). The highest BCUT2D eigenvalue weighted by atomic mass is 15.3. The Labute approximate surface area is 73.8 Å². The van der Waals surface area contributed by atoms with E-state index in [1.54, 1.807) is 0 Å². The SMILES string of the molecule is CC(C)Nc1ccn(C(C)C)n1. The lowest BCUT2D eigenvalue weighted by atomic mass is 10.4. The van der Waals surface area contributed by atoms with Gasteiger partial charge in [-0.3, -0.25) is 4.68 Å². The predicted molar refractivity (Wildman–Crippen MR) is 51.4 cm³/mol. The van der Waals surface area contributed by atoms with E-state index in [9.17, 15) is 0 Å². The van der Waals surface area contributed by atoms with Gasteiger partial charge >= 0.3 is 0 Å². The summed E-state index contributed by atoms with van der Waals surface area (Å²) in [6, 6.07) is 2.88. The molecule has 0 radical (unpaired) electrons. The van der Waals surface area contributed by atoms with Crippen LogP contribution in [0.3, 0.4) is 0 Å². The van der Waals surface area contributed by atoms with Crippen molar-refractivity contribution in [3.05, 3.63) is 12.3 Å². The van der Waals surface area contributed by atoms with Crippen molar-refractivity contribution in [2.75, 3.05) is 5.32 Å². The summed E-state index contributed by atoms with van der Waals surface area (Å²) < 4.78 is 1.95. The van der Waals surface area contributed by atoms with Gasteiger partial charge in [-0.2, -0.15) is 5.10 Å². The third-order valence-corrected chi connectivity index (χ3v) is 1.57. The summed E-state index contributed by atoms with van der Waals surface area (Å²) in [5, 5.41) is 7.60. The van der Waals surface area contributed by atoms with Crippen LogP contribution in [-0.4, -0.2) is 15.8 Å². The van der Waals surface area contributed by atoms with E-state index in [0.29, 0.717) is 12.1 Å². The minimum atomic E-state index is 0.438. The van der Waals surface area contributed by atoms with E-state index >= 15 is 0 Å². The zero-order valence-electron chi connectivity index (χ0n) is 8.20. The van der Waals surface area contributed by atoms with E-state index in [4.69, 9.17) is 0 Å². The van der Waals surface area contributed by atoms with Crippen LogP contribution >= 0.6 is 0 Å². The molecular weight excluding hydrogens is 150 g/mol. The number of hydrogen-bond donors (Lipinski definition) is 1. The molecule has 0 spiro atoms. The van der Waals surface area contributed by atoms with Gasteiger partial charge in [0.1, 0.15) is 5.82 Å². The van der Waals surface area contributed by atoms with Crippen LogP contribution in [0.5, 0.6) is 0 Å². The van der Waals surface area contributed by atoms with Crippen molar-refractivity contribution < 1.29 is 0 Å². The average molecular weight is 167 g/mol. The fourth-order valence-electron chi connectivity index (χ4n) is 0.998. The molecule has 0 unspecified atom stereocenters. The van der Waals surface area contributed by atoms with Crippen molar-refractivity contribution in [1.29, 1.82) is 0 Å². The first-order chi connectivity index (χ1) is 5.59. The van der Waals surface area contributed by atoms with E-state index in [0.717, 1.165) is 5.82 Å². The maximum Gasteiger partial charge on any atom is 0.148 e. The lowest BCUT2D eigenvalue weighted by molar-refractivity contribution is 0.533. The van der Waals surface area contributed by atoms with Crippen LogP contribution in [0.1, 0.15) is 33.7 Å². The Morgan fingerprint density at radius 2 is 2.00 bits per heavy atom. The highest BCUT2D eigenvalue weighted by molar-refractivity contribution is 5.32. The van der Waals surface area contributed by atoms with Crippen molar-refractivity contribution in [2.45, 2.75) is 39.8 Å². The average Bonchev–Trinajstić information content (AvgIpc) is 2.34. The molecule has 3 heteroatoms. The molecule has 1 heterocycles. The zero-order valence-corrected chi connectivity index (χ0v) is 8.20. The largest absolute Gasteiger partial charge is 0.366 e. The number of aromatic nitrogens is 2. The second-order valence-electron chi connectivity index (χ2n) is 3.57. The molecule has 0 saturated carbocycles. The van der Waals surface area contributed by atoms with Crippen LogP contribution in [-0.2, 0) is 0 Å². The fraction of sp³-hybridized carbons (Fsp3) is 0.667. The Morgan fingerprint density at radius 3 is 2.42 bits per heavy atom. The van der Waals surface area contributed by atoms with Gasteiger partial charge in [-0.1, -0.05) is 0 Å². The summed E-state index contributed by atoms with van der Waals surface area (Å²) >= 11 is 0. The molecule has 0 bridgehead atoms. The maximum atomic E-state index is 4.36. The zero-order chi connectivity index (χ0) is 9.14. The lowest BCUT2D eigenvalue weighted by Gasteiger charge is -2.07. The van der Waals surface area contributed by atoms with Crippen molar-refractivity contribution in [3.63, 3.8) is 0 Å².